The van der Waals surface area contributed by atoms with E-state index in [0.29, 0.717) is 19.3 Å². The molecule has 0 fully saturated rings. The molecule has 66 heavy (non-hydrogen) atoms. The summed E-state index contributed by atoms with van der Waals surface area (Å²) in [6, 6.07) is -0.704. The summed E-state index contributed by atoms with van der Waals surface area (Å²) >= 11 is 0. The van der Waals surface area contributed by atoms with Gasteiger partial charge in [-0.3, -0.25) is 9.59 Å². The highest BCUT2D eigenvalue weighted by atomic mass is 16.5. The van der Waals surface area contributed by atoms with Crippen molar-refractivity contribution in [3.8, 4) is 0 Å². The Morgan fingerprint density at radius 1 is 0.439 bits per heavy atom. The molecular weight excluding hydrogens is 815 g/mol. The minimum Gasteiger partial charge on any atom is -0.462 e. The van der Waals surface area contributed by atoms with Gasteiger partial charge in [-0.15, -0.1) is 0 Å². The Labute approximate surface area is 411 Å². The summed E-state index contributed by atoms with van der Waals surface area (Å²) in [4.78, 5) is 26.3. The zero-order valence-electron chi connectivity index (χ0n) is 44.3. The van der Waals surface area contributed by atoms with Crippen molar-refractivity contribution >= 4 is 11.9 Å². The van der Waals surface area contributed by atoms with Gasteiger partial charge < -0.3 is 20.3 Å². The fourth-order valence-corrected chi connectivity index (χ4v) is 8.99. The molecule has 0 aromatic carbocycles. The number of hydrogen-bond acceptors (Lipinski definition) is 5. The smallest absolute Gasteiger partial charge is 0.306 e. The second kappa shape index (κ2) is 54.0. The van der Waals surface area contributed by atoms with Crippen LogP contribution in [0.15, 0.2) is 36.5 Å². The third-order valence-electron chi connectivity index (χ3n) is 13.4. The van der Waals surface area contributed by atoms with E-state index < -0.39 is 18.2 Å². The van der Waals surface area contributed by atoms with E-state index in [1.165, 1.54) is 199 Å². The first-order chi connectivity index (χ1) is 32.5. The highest BCUT2D eigenvalue weighted by Crippen LogP contribution is 2.19. The van der Waals surface area contributed by atoms with Crippen LogP contribution in [0.2, 0.25) is 0 Å². The molecule has 0 heterocycles. The van der Waals surface area contributed by atoms with Gasteiger partial charge in [-0.2, -0.15) is 0 Å². The number of amides is 1. The summed E-state index contributed by atoms with van der Waals surface area (Å²) < 4.78 is 5.96. The number of rotatable bonds is 53. The molecule has 6 nitrogen and oxygen atoms in total. The molecule has 0 aliphatic carbocycles. The Kier molecular flexibility index (Phi) is 52.5. The fourth-order valence-electron chi connectivity index (χ4n) is 8.99. The van der Waals surface area contributed by atoms with Crippen molar-refractivity contribution in [3.05, 3.63) is 36.5 Å². The first-order valence-corrected chi connectivity index (χ1v) is 29.2. The van der Waals surface area contributed by atoms with Crippen molar-refractivity contribution in [1.29, 1.82) is 0 Å². The van der Waals surface area contributed by atoms with Crippen molar-refractivity contribution in [2.24, 2.45) is 0 Å². The minimum absolute atomic E-state index is 0.0735. The molecule has 0 bridgehead atoms. The molecule has 0 aromatic rings. The minimum atomic E-state index is -0.790. The van der Waals surface area contributed by atoms with Crippen LogP contribution in [-0.2, 0) is 14.3 Å². The van der Waals surface area contributed by atoms with Gasteiger partial charge >= 0.3 is 5.97 Å². The standard InChI is InChI=1S/C60H113NO5/c1-4-7-10-13-16-19-22-25-28-29-32-33-36-39-42-45-48-51-56(66-60(65)53-50-47-44-41-38-35-31-27-24-21-18-15-12-9-6-3)54-59(64)61-57(55-62)58(63)52-49-46-43-40-37-34-30-26-23-20-17-14-11-8-5-2/h16,19,21,24-25,28,56-58,62-63H,4-15,17-18,20,22-23,26-27,29-55H2,1-3H3,(H,61,64)/b19-16-,24-21-,28-25-. The Bertz CT molecular complexity index is 1090. The van der Waals surface area contributed by atoms with Gasteiger partial charge in [-0.25, -0.2) is 0 Å². The zero-order valence-corrected chi connectivity index (χ0v) is 44.3. The molecule has 0 radical (unpaired) electrons. The van der Waals surface area contributed by atoms with Crippen molar-refractivity contribution in [3.63, 3.8) is 0 Å². The second-order valence-electron chi connectivity index (χ2n) is 20.0. The summed E-state index contributed by atoms with van der Waals surface area (Å²) in [5, 5.41) is 23.9. The van der Waals surface area contributed by atoms with Crippen molar-refractivity contribution in [2.45, 2.75) is 328 Å². The Hall–Kier alpha value is -1.92. The van der Waals surface area contributed by atoms with Crippen LogP contribution < -0.4 is 5.32 Å². The zero-order chi connectivity index (χ0) is 48.1. The number of allylic oxidation sites excluding steroid dienone is 6. The van der Waals surface area contributed by atoms with E-state index in [4.69, 9.17) is 4.74 Å². The first-order valence-electron chi connectivity index (χ1n) is 29.2. The lowest BCUT2D eigenvalue weighted by Crippen LogP contribution is -2.46. The van der Waals surface area contributed by atoms with Gasteiger partial charge in [0.05, 0.1) is 25.2 Å². The maximum absolute atomic E-state index is 13.3. The Morgan fingerprint density at radius 3 is 1.21 bits per heavy atom. The largest absolute Gasteiger partial charge is 0.462 e. The lowest BCUT2D eigenvalue weighted by atomic mass is 10.0. The van der Waals surface area contributed by atoms with Crippen LogP contribution in [-0.4, -0.2) is 46.9 Å². The molecule has 3 N–H and O–H groups in total. The summed E-state index contributed by atoms with van der Waals surface area (Å²) in [7, 11) is 0. The number of aliphatic hydroxyl groups excluding tert-OH is 2. The van der Waals surface area contributed by atoms with Gasteiger partial charge in [0.2, 0.25) is 5.91 Å². The lowest BCUT2D eigenvalue weighted by molar-refractivity contribution is -0.151. The highest BCUT2D eigenvalue weighted by molar-refractivity contribution is 5.77. The van der Waals surface area contributed by atoms with Crippen LogP contribution in [0.5, 0.6) is 0 Å². The first kappa shape index (κ1) is 64.1. The SMILES string of the molecule is CCCCC/C=C\C/C=C\CCCCCCCCCC(CC(=O)NC(CO)C(O)CCCCCCCCCCCCCCCCC)OC(=O)CCCCCCCCC/C=C\CCCCCC. The van der Waals surface area contributed by atoms with Gasteiger partial charge in [0.1, 0.15) is 6.10 Å². The third kappa shape index (κ3) is 48.5. The monoisotopic (exact) mass is 928 g/mol. The maximum atomic E-state index is 13.3. The number of hydrogen-bond donors (Lipinski definition) is 3. The van der Waals surface area contributed by atoms with Crippen LogP contribution in [0.1, 0.15) is 310 Å². The quantitative estimate of drug-likeness (QED) is 0.0321. The predicted octanol–water partition coefficient (Wildman–Crippen LogP) is 18.0. The molecule has 0 saturated carbocycles. The molecular formula is C60H113NO5. The number of aliphatic hydroxyl groups is 2. The molecule has 388 valence electrons. The van der Waals surface area contributed by atoms with Crippen LogP contribution in [0.4, 0.5) is 0 Å². The third-order valence-corrected chi connectivity index (χ3v) is 13.4. The average molecular weight is 929 g/mol. The normalized spacial score (nSPS) is 13.3. The van der Waals surface area contributed by atoms with Gasteiger partial charge in [0.25, 0.3) is 0 Å². The number of carbonyl (C=O) groups excluding carboxylic acids is 2. The van der Waals surface area contributed by atoms with Crippen LogP contribution in [0.25, 0.3) is 0 Å². The van der Waals surface area contributed by atoms with E-state index in [2.05, 4.69) is 62.5 Å². The van der Waals surface area contributed by atoms with E-state index in [1.807, 2.05) is 0 Å². The molecule has 0 rings (SSSR count). The maximum Gasteiger partial charge on any atom is 0.306 e. The van der Waals surface area contributed by atoms with Crippen LogP contribution in [0.3, 0.4) is 0 Å². The molecule has 0 aliphatic heterocycles. The average Bonchev–Trinajstić information content (AvgIpc) is 3.31. The van der Waals surface area contributed by atoms with Crippen molar-refractivity contribution in [2.75, 3.05) is 6.61 Å². The summed E-state index contributed by atoms with van der Waals surface area (Å²) in [6.45, 7) is 6.48. The summed E-state index contributed by atoms with van der Waals surface area (Å²) in [5.41, 5.74) is 0. The Morgan fingerprint density at radius 2 is 0.773 bits per heavy atom. The van der Waals surface area contributed by atoms with E-state index in [0.717, 1.165) is 64.2 Å². The molecule has 0 spiro atoms. The molecule has 0 saturated heterocycles. The van der Waals surface area contributed by atoms with Crippen molar-refractivity contribution in [1.82, 2.24) is 5.32 Å². The predicted molar refractivity (Wildman–Crippen MR) is 287 cm³/mol. The molecule has 6 heteroatoms. The Balaban J connectivity index is 4.56. The topological polar surface area (TPSA) is 95.9 Å². The van der Waals surface area contributed by atoms with E-state index in [9.17, 15) is 19.8 Å². The van der Waals surface area contributed by atoms with Gasteiger partial charge in [0, 0.05) is 6.42 Å². The number of unbranched alkanes of at least 4 members (excludes halogenated alkanes) is 35. The van der Waals surface area contributed by atoms with E-state index in [1.54, 1.807) is 0 Å². The molecule has 1 amide bonds. The summed E-state index contributed by atoms with van der Waals surface area (Å²) in [6.07, 6.45) is 64.9. The number of carbonyl (C=O) groups is 2. The molecule has 0 aliphatic rings. The molecule has 0 aromatic heterocycles. The summed E-state index contributed by atoms with van der Waals surface area (Å²) in [5.74, 6) is -0.472. The number of ether oxygens (including phenoxy) is 1. The van der Waals surface area contributed by atoms with Crippen LogP contribution in [0, 0.1) is 0 Å². The second-order valence-corrected chi connectivity index (χ2v) is 20.0. The van der Waals surface area contributed by atoms with Crippen molar-refractivity contribution < 1.29 is 24.5 Å². The fraction of sp³-hybridized carbons (Fsp3) is 0.867. The molecule has 3 unspecified atom stereocenters. The van der Waals surface area contributed by atoms with E-state index >= 15 is 0 Å². The number of esters is 1. The van der Waals surface area contributed by atoms with E-state index in [-0.39, 0.29) is 24.9 Å². The van der Waals surface area contributed by atoms with Crippen LogP contribution >= 0.6 is 0 Å². The van der Waals surface area contributed by atoms with Gasteiger partial charge in [-0.05, 0) is 83.5 Å². The number of nitrogens with one attached hydrogen (secondary N) is 1. The lowest BCUT2D eigenvalue weighted by Gasteiger charge is -2.24. The van der Waals surface area contributed by atoms with Gasteiger partial charge in [0.15, 0.2) is 0 Å². The van der Waals surface area contributed by atoms with Gasteiger partial charge in [-0.1, -0.05) is 250 Å². The molecule has 3 atom stereocenters. The highest BCUT2D eigenvalue weighted by Gasteiger charge is 2.24.